The Bertz CT molecular complexity index is 929. The van der Waals surface area contributed by atoms with Crippen LogP contribution in [0.3, 0.4) is 0 Å². The summed E-state index contributed by atoms with van der Waals surface area (Å²) >= 11 is 0. The van der Waals surface area contributed by atoms with E-state index in [0.717, 1.165) is 23.3 Å². The van der Waals surface area contributed by atoms with E-state index >= 15 is 0 Å². The lowest BCUT2D eigenvalue weighted by Crippen LogP contribution is -2.24. The van der Waals surface area contributed by atoms with Crippen LogP contribution in [-0.2, 0) is 6.54 Å². The molecule has 3 aromatic rings. The van der Waals surface area contributed by atoms with E-state index in [2.05, 4.69) is 20.8 Å². The van der Waals surface area contributed by atoms with E-state index in [1.807, 2.05) is 31.2 Å². The molecule has 3 rings (SSSR count). The summed E-state index contributed by atoms with van der Waals surface area (Å²) in [7, 11) is 0. The molecule has 2 aromatic carbocycles. The number of benzene rings is 2. The number of hydrogen-bond acceptors (Lipinski definition) is 4. The highest BCUT2D eigenvalue weighted by atomic mass is 19.2. The molecule has 26 heavy (non-hydrogen) atoms. The first-order valence-corrected chi connectivity index (χ1v) is 7.91. The molecule has 0 saturated heterocycles. The van der Waals surface area contributed by atoms with Crippen LogP contribution in [0.4, 0.5) is 20.3 Å². The molecule has 0 aliphatic carbocycles. The number of amides is 1. The molecule has 0 spiro atoms. The van der Waals surface area contributed by atoms with Crippen LogP contribution in [0, 0.1) is 18.6 Å². The summed E-state index contributed by atoms with van der Waals surface area (Å²) in [5.74, 6) is -1.93. The SMILES string of the molecule is Cc1ccccc1CNC(=O)c1ccc(Nc2ccc(F)c(F)c2)nn1. The van der Waals surface area contributed by atoms with E-state index in [9.17, 15) is 13.6 Å². The van der Waals surface area contributed by atoms with Crippen molar-refractivity contribution in [1.29, 1.82) is 0 Å². The molecule has 0 atom stereocenters. The van der Waals surface area contributed by atoms with Crippen molar-refractivity contribution in [2.45, 2.75) is 13.5 Å². The highest BCUT2D eigenvalue weighted by molar-refractivity contribution is 5.92. The van der Waals surface area contributed by atoms with Crippen molar-refractivity contribution in [3.8, 4) is 0 Å². The van der Waals surface area contributed by atoms with Gasteiger partial charge in [-0.2, -0.15) is 0 Å². The fourth-order valence-corrected chi connectivity index (χ4v) is 2.32. The molecule has 1 amide bonds. The molecule has 132 valence electrons. The van der Waals surface area contributed by atoms with Crippen molar-refractivity contribution in [1.82, 2.24) is 15.5 Å². The Morgan fingerprint density at radius 1 is 1.00 bits per heavy atom. The lowest BCUT2D eigenvalue weighted by molar-refractivity contribution is 0.0945. The van der Waals surface area contributed by atoms with Crippen LogP contribution in [-0.4, -0.2) is 16.1 Å². The molecular formula is C19H16F2N4O. The van der Waals surface area contributed by atoms with E-state index in [1.54, 1.807) is 0 Å². The molecular weight excluding hydrogens is 338 g/mol. The zero-order chi connectivity index (χ0) is 18.5. The molecule has 7 heteroatoms. The Balaban J connectivity index is 1.62. The molecule has 0 saturated carbocycles. The molecule has 0 radical (unpaired) electrons. The third kappa shape index (κ3) is 4.18. The van der Waals surface area contributed by atoms with Crippen molar-refractivity contribution in [2.75, 3.05) is 5.32 Å². The summed E-state index contributed by atoms with van der Waals surface area (Å²) in [6.45, 7) is 2.36. The normalized spacial score (nSPS) is 10.4. The van der Waals surface area contributed by atoms with Gasteiger partial charge in [-0.1, -0.05) is 24.3 Å². The van der Waals surface area contributed by atoms with E-state index in [4.69, 9.17) is 0 Å². The van der Waals surface area contributed by atoms with Crippen molar-refractivity contribution in [3.63, 3.8) is 0 Å². The number of carbonyl (C=O) groups excluding carboxylic acids is 1. The van der Waals surface area contributed by atoms with Crippen LogP contribution in [0.25, 0.3) is 0 Å². The van der Waals surface area contributed by atoms with Gasteiger partial charge in [-0.15, -0.1) is 10.2 Å². The number of hydrogen-bond donors (Lipinski definition) is 2. The van der Waals surface area contributed by atoms with E-state index in [1.165, 1.54) is 18.2 Å². The Morgan fingerprint density at radius 2 is 1.81 bits per heavy atom. The minimum atomic E-state index is -0.963. The highest BCUT2D eigenvalue weighted by Crippen LogP contribution is 2.17. The van der Waals surface area contributed by atoms with Gasteiger partial charge in [-0.05, 0) is 42.3 Å². The van der Waals surface area contributed by atoms with Crippen LogP contribution in [0.15, 0.2) is 54.6 Å². The van der Waals surface area contributed by atoms with Crippen LogP contribution in [0.1, 0.15) is 21.6 Å². The summed E-state index contributed by atoms with van der Waals surface area (Å²) in [6, 6.07) is 14.2. The Morgan fingerprint density at radius 3 is 2.50 bits per heavy atom. The second-order valence-electron chi connectivity index (χ2n) is 5.67. The standard InChI is InChI=1S/C19H16F2N4O/c1-12-4-2-3-5-13(12)11-22-19(26)17-8-9-18(25-24-17)23-14-6-7-15(20)16(21)10-14/h2-10H,11H2,1H3,(H,22,26)(H,23,25). The molecule has 0 aliphatic heterocycles. The van der Waals surface area contributed by atoms with Crippen molar-refractivity contribution >= 4 is 17.4 Å². The third-order valence-corrected chi connectivity index (χ3v) is 3.79. The number of anilines is 2. The number of nitrogens with one attached hydrogen (secondary N) is 2. The van der Waals surface area contributed by atoms with Crippen LogP contribution >= 0.6 is 0 Å². The topological polar surface area (TPSA) is 66.9 Å². The molecule has 1 heterocycles. The molecule has 0 aliphatic rings. The predicted molar refractivity (Wildman–Crippen MR) is 94.0 cm³/mol. The Kier molecular flexibility index (Phi) is 5.17. The average molecular weight is 354 g/mol. The quantitative estimate of drug-likeness (QED) is 0.733. The van der Waals surface area contributed by atoms with Gasteiger partial charge in [0, 0.05) is 18.3 Å². The molecule has 0 unspecified atom stereocenters. The first-order valence-electron chi connectivity index (χ1n) is 7.91. The maximum atomic E-state index is 13.2. The van der Waals surface area contributed by atoms with Crippen molar-refractivity contribution < 1.29 is 13.6 Å². The third-order valence-electron chi connectivity index (χ3n) is 3.79. The predicted octanol–water partition coefficient (Wildman–Crippen LogP) is 3.74. The number of halogens is 2. The van der Waals surface area contributed by atoms with Gasteiger partial charge in [-0.25, -0.2) is 8.78 Å². The summed E-state index contributed by atoms with van der Waals surface area (Å²) in [5.41, 5.74) is 2.60. The lowest BCUT2D eigenvalue weighted by atomic mass is 10.1. The minimum Gasteiger partial charge on any atom is -0.347 e. The Hall–Kier alpha value is -3.35. The van der Waals surface area contributed by atoms with Crippen molar-refractivity contribution in [2.24, 2.45) is 0 Å². The van der Waals surface area contributed by atoms with Gasteiger partial charge in [-0.3, -0.25) is 4.79 Å². The van der Waals surface area contributed by atoms with Gasteiger partial charge in [0.2, 0.25) is 0 Å². The number of carbonyl (C=O) groups is 1. The molecule has 0 bridgehead atoms. The van der Waals surface area contributed by atoms with Crippen LogP contribution in [0.5, 0.6) is 0 Å². The maximum Gasteiger partial charge on any atom is 0.272 e. The fourth-order valence-electron chi connectivity index (χ4n) is 2.32. The average Bonchev–Trinajstić information content (AvgIpc) is 2.64. The zero-order valence-corrected chi connectivity index (χ0v) is 14.0. The first kappa shape index (κ1) is 17.5. The zero-order valence-electron chi connectivity index (χ0n) is 14.0. The molecule has 0 fully saturated rings. The van der Waals surface area contributed by atoms with Crippen LogP contribution in [0.2, 0.25) is 0 Å². The van der Waals surface area contributed by atoms with Gasteiger partial charge in [0.05, 0.1) is 0 Å². The van der Waals surface area contributed by atoms with Gasteiger partial charge in [0.15, 0.2) is 23.1 Å². The maximum absolute atomic E-state index is 13.2. The molecule has 1 aromatic heterocycles. The summed E-state index contributed by atoms with van der Waals surface area (Å²) in [5, 5.41) is 13.3. The van der Waals surface area contributed by atoms with E-state index < -0.39 is 11.6 Å². The molecule has 5 nitrogen and oxygen atoms in total. The second-order valence-corrected chi connectivity index (χ2v) is 5.67. The first-order chi connectivity index (χ1) is 12.5. The summed E-state index contributed by atoms with van der Waals surface area (Å²) in [6.07, 6.45) is 0. The van der Waals surface area contributed by atoms with Crippen LogP contribution < -0.4 is 10.6 Å². The Labute approximate surface area is 149 Å². The fraction of sp³-hybridized carbons (Fsp3) is 0.105. The number of aromatic nitrogens is 2. The summed E-state index contributed by atoms with van der Waals surface area (Å²) < 4.78 is 26.1. The van der Waals surface area contributed by atoms with E-state index in [0.29, 0.717) is 18.1 Å². The van der Waals surface area contributed by atoms with Gasteiger partial charge in [0.1, 0.15) is 0 Å². The smallest absolute Gasteiger partial charge is 0.272 e. The second kappa shape index (κ2) is 7.69. The lowest BCUT2D eigenvalue weighted by Gasteiger charge is -2.08. The number of aryl methyl sites for hydroxylation is 1. The number of rotatable bonds is 5. The van der Waals surface area contributed by atoms with Crippen molar-refractivity contribution in [3.05, 3.63) is 83.1 Å². The minimum absolute atomic E-state index is 0.162. The summed E-state index contributed by atoms with van der Waals surface area (Å²) in [4.78, 5) is 12.2. The highest BCUT2D eigenvalue weighted by Gasteiger charge is 2.09. The van der Waals surface area contributed by atoms with E-state index in [-0.39, 0.29) is 11.6 Å². The largest absolute Gasteiger partial charge is 0.347 e. The monoisotopic (exact) mass is 354 g/mol. The number of nitrogens with zero attached hydrogens (tertiary/aromatic N) is 2. The molecule has 2 N–H and O–H groups in total. The van der Waals surface area contributed by atoms with Gasteiger partial charge < -0.3 is 10.6 Å². The van der Waals surface area contributed by atoms with Gasteiger partial charge in [0.25, 0.3) is 5.91 Å². The van der Waals surface area contributed by atoms with Gasteiger partial charge >= 0.3 is 0 Å².